The second-order valence-corrected chi connectivity index (χ2v) is 8.31. The zero-order valence-corrected chi connectivity index (χ0v) is 19.1. The Morgan fingerprint density at radius 1 is 1.15 bits per heavy atom. The number of likely N-dealkylation sites (tertiary alicyclic amines) is 1. The Hall–Kier alpha value is -4.08. The van der Waals surface area contributed by atoms with Crippen molar-refractivity contribution < 1.29 is 4.74 Å². The number of aromatic amines is 1. The number of hydrogen-bond acceptors (Lipinski definition) is 8. The lowest BCUT2D eigenvalue weighted by molar-refractivity contribution is 0.224. The molecule has 10 heteroatoms. The number of aromatic nitrogens is 6. The highest BCUT2D eigenvalue weighted by Crippen LogP contribution is 2.29. The zero-order chi connectivity index (χ0) is 23.8. The number of fused-ring (bicyclic) bond motifs is 3. The smallest absolute Gasteiger partial charge is 0.329 e. The predicted octanol–water partition coefficient (Wildman–Crippen LogP) is 2.66. The van der Waals surface area contributed by atoms with Crippen LogP contribution in [0.3, 0.4) is 0 Å². The van der Waals surface area contributed by atoms with E-state index in [2.05, 4.69) is 38.3 Å². The molecule has 4 aromatic heterocycles. The second-order valence-electron chi connectivity index (χ2n) is 8.31. The quantitative estimate of drug-likeness (QED) is 0.453. The molecule has 0 unspecified atom stereocenters. The third-order valence-corrected chi connectivity index (χ3v) is 6.40. The highest BCUT2D eigenvalue weighted by molar-refractivity contribution is 6.01. The number of pyridine rings is 2. The van der Waals surface area contributed by atoms with Crippen molar-refractivity contribution >= 4 is 21.9 Å². The summed E-state index contributed by atoms with van der Waals surface area (Å²) >= 11 is 0. The topological polar surface area (TPSA) is 119 Å². The van der Waals surface area contributed by atoms with E-state index in [9.17, 15) is 9.59 Å². The fourth-order valence-corrected chi connectivity index (χ4v) is 4.52. The van der Waals surface area contributed by atoms with Crippen LogP contribution in [0.4, 0.5) is 0 Å². The SMILES string of the molecule is C=C(CC)N1CCC(n2c(=O)[nH]c(=O)c3cnc4ccc(-c5cnc(OC)nc5)nc4c32)CC1. The van der Waals surface area contributed by atoms with Crippen LogP contribution in [0.15, 0.2) is 52.6 Å². The van der Waals surface area contributed by atoms with Gasteiger partial charge in [0.1, 0.15) is 5.52 Å². The summed E-state index contributed by atoms with van der Waals surface area (Å²) in [4.78, 5) is 48.0. The highest BCUT2D eigenvalue weighted by Gasteiger charge is 2.25. The Bertz CT molecular complexity index is 1500. The van der Waals surface area contributed by atoms with E-state index < -0.39 is 11.2 Å². The van der Waals surface area contributed by atoms with E-state index in [1.807, 2.05) is 12.1 Å². The summed E-state index contributed by atoms with van der Waals surface area (Å²) in [6.07, 6.45) is 7.16. The molecule has 174 valence electrons. The van der Waals surface area contributed by atoms with Crippen LogP contribution in [-0.2, 0) is 0 Å². The summed E-state index contributed by atoms with van der Waals surface area (Å²) in [7, 11) is 1.50. The van der Waals surface area contributed by atoms with Crippen LogP contribution in [0.2, 0.25) is 0 Å². The van der Waals surface area contributed by atoms with Crippen molar-refractivity contribution in [2.75, 3.05) is 20.2 Å². The standard InChI is InChI=1S/C24H25N7O3/c1-4-14(2)30-9-7-16(8-10-30)31-21-17(22(32)29-24(31)33)13-25-19-6-5-18(28-20(19)21)15-11-26-23(34-3)27-12-15/h5-6,11-13,16H,2,4,7-10H2,1,3H3,(H,29,32,33). The van der Waals surface area contributed by atoms with Gasteiger partial charge in [0, 0.05) is 49.0 Å². The second kappa shape index (κ2) is 8.69. The van der Waals surface area contributed by atoms with Crippen molar-refractivity contribution in [3.05, 3.63) is 63.8 Å². The minimum atomic E-state index is -0.470. The zero-order valence-electron chi connectivity index (χ0n) is 19.1. The van der Waals surface area contributed by atoms with Crippen LogP contribution >= 0.6 is 0 Å². The average Bonchev–Trinajstić information content (AvgIpc) is 2.88. The monoisotopic (exact) mass is 459 g/mol. The molecule has 0 atom stereocenters. The summed E-state index contributed by atoms with van der Waals surface area (Å²) in [6, 6.07) is 3.82. The van der Waals surface area contributed by atoms with E-state index in [0.717, 1.165) is 38.0 Å². The number of nitrogens with one attached hydrogen (secondary N) is 1. The molecule has 1 N–H and O–H groups in total. The van der Waals surface area contributed by atoms with E-state index in [1.54, 1.807) is 17.0 Å². The first-order valence-corrected chi connectivity index (χ1v) is 11.2. The van der Waals surface area contributed by atoms with Gasteiger partial charge >= 0.3 is 11.7 Å². The molecule has 10 nitrogen and oxygen atoms in total. The molecule has 0 aliphatic carbocycles. The Labute approximate surface area is 195 Å². The van der Waals surface area contributed by atoms with Gasteiger partial charge in [0.2, 0.25) is 0 Å². The Morgan fingerprint density at radius 3 is 2.56 bits per heavy atom. The molecule has 1 aliphatic heterocycles. The number of H-pyrrole nitrogens is 1. The summed E-state index contributed by atoms with van der Waals surface area (Å²) in [6.45, 7) is 7.83. The van der Waals surface area contributed by atoms with Gasteiger partial charge in [-0.15, -0.1) is 0 Å². The summed E-state index contributed by atoms with van der Waals surface area (Å²) < 4.78 is 6.72. The van der Waals surface area contributed by atoms with Gasteiger partial charge < -0.3 is 9.64 Å². The molecule has 34 heavy (non-hydrogen) atoms. The van der Waals surface area contributed by atoms with Gasteiger partial charge in [-0.25, -0.2) is 19.7 Å². The number of hydrogen-bond donors (Lipinski definition) is 1. The molecule has 1 saturated heterocycles. The van der Waals surface area contributed by atoms with Crippen molar-refractivity contribution in [3.63, 3.8) is 0 Å². The van der Waals surface area contributed by atoms with E-state index >= 15 is 0 Å². The van der Waals surface area contributed by atoms with Crippen LogP contribution in [0, 0.1) is 0 Å². The molecular weight excluding hydrogens is 434 g/mol. The van der Waals surface area contributed by atoms with Gasteiger partial charge in [0.05, 0.1) is 29.2 Å². The fourth-order valence-electron chi connectivity index (χ4n) is 4.52. The first-order chi connectivity index (χ1) is 16.5. The minimum absolute atomic E-state index is 0.0758. The predicted molar refractivity (Wildman–Crippen MR) is 129 cm³/mol. The first-order valence-electron chi connectivity index (χ1n) is 11.2. The third kappa shape index (κ3) is 3.70. The number of ether oxygens (including phenoxy) is 1. The maximum Gasteiger partial charge on any atom is 0.329 e. The normalized spacial score (nSPS) is 14.6. The number of rotatable bonds is 5. The molecule has 5 heterocycles. The lowest BCUT2D eigenvalue weighted by Crippen LogP contribution is -2.39. The number of piperidine rings is 1. The third-order valence-electron chi connectivity index (χ3n) is 6.40. The van der Waals surface area contributed by atoms with Gasteiger partial charge in [-0.1, -0.05) is 13.5 Å². The molecule has 1 fully saturated rings. The Morgan fingerprint density at radius 2 is 1.88 bits per heavy atom. The minimum Gasteiger partial charge on any atom is -0.467 e. The van der Waals surface area contributed by atoms with Crippen molar-refractivity contribution in [2.24, 2.45) is 0 Å². The molecule has 5 rings (SSSR count). The van der Waals surface area contributed by atoms with Crippen LogP contribution < -0.4 is 16.0 Å². The van der Waals surface area contributed by atoms with Crippen molar-refractivity contribution in [1.29, 1.82) is 0 Å². The first kappa shape index (κ1) is 21.7. The number of nitrogens with zero attached hydrogens (tertiary/aromatic N) is 6. The Kier molecular flexibility index (Phi) is 5.56. The fraction of sp³-hybridized carbons (Fsp3) is 0.333. The molecule has 1 aliphatic rings. The summed E-state index contributed by atoms with van der Waals surface area (Å²) in [5.74, 6) is 0. The molecule has 0 bridgehead atoms. The summed E-state index contributed by atoms with van der Waals surface area (Å²) in [5, 5.41) is 0.336. The van der Waals surface area contributed by atoms with Crippen LogP contribution in [0.5, 0.6) is 6.01 Å². The maximum atomic E-state index is 13.1. The summed E-state index contributed by atoms with van der Waals surface area (Å²) in [5.41, 5.74) is 3.08. The molecule has 0 spiro atoms. The van der Waals surface area contributed by atoms with E-state index in [4.69, 9.17) is 9.72 Å². The number of allylic oxidation sites excluding steroid dienone is 1. The van der Waals surface area contributed by atoms with Gasteiger partial charge in [-0.3, -0.25) is 19.3 Å². The molecule has 0 aromatic carbocycles. The van der Waals surface area contributed by atoms with Crippen LogP contribution in [0.1, 0.15) is 32.2 Å². The van der Waals surface area contributed by atoms with Gasteiger partial charge in [-0.2, -0.15) is 0 Å². The van der Waals surface area contributed by atoms with E-state index in [-0.39, 0.29) is 12.1 Å². The largest absolute Gasteiger partial charge is 0.467 e. The molecule has 0 saturated carbocycles. The number of methoxy groups -OCH3 is 1. The highest BCUT2D eigenvalue weighted by atomic mass is 16.5. The molecule has 0 amide bonds. The average molecular weight is 460 g/mol. The van der Waals surface area contributed by atoms with Crippen LogP contribution in [-0.4, -0.2) is 54.6 Å². The van der Waals surface area contributed by atoms with Gasteiger partial charge in [0.15, 0.2) is 0 Å². The molecular formula is C24H25N7O3. The lowest BCUT2D eigenvalue weighted by atomic mass is 10.0. The molecule has 0 radical (unpaired) electrons. The van der Waals surface area contributed by atoms with E-state index in [1.165, 1.54) is 13.3 Å². The van der Waals surface area contributed by atoms with Crippen LogP contribution in [0.25, 0.3) is 33.2 Å². The Balaban J connectivity index is 1.67. The van der Waals surface area contributed by atoms with E-state index in [0.29, 0.717) is 33.2 Å². The lowest BCUT2D eigenvalue weighted by Gasteiger charge is -2.35. The van der Waals surface area contributed by atoms with Crippen molar-refractivity contribution in [3.8, 4) is 17.3 Å². The maximum absolute atomic E-state index is 13.1. The molecule has 4 aromatic rings. The van der Waals surface area contributed by atoms with Gasteiger partial charge in [-0.05, 0) is 31.4 Å². The van der Waals surface area contributed by atoms with Gasteiger partial charge in [0.25, 0.3) is 5.56 Å². The van der Waals surface area contributed by atoms with Crippen molar-refractivity contribution in [1.82, 2.24) is 34.4 Å². The van der Waals surface area contributed by atoms with Crippen molar-refractivity contribution in [2.45, 2.75) is 32.2 Å².